The third kappa shape index (κ3) is 3.05. The lowest BCUT2D eigenvalue weighted by Gasteiger charge is -2.22. The van der Waals surface area contributed by atoms with Gasteiger partial charge in [-0.15, -0.1) is 0 Å². The van der Waals surface area contributed by atoms with Crippen molar-refractivity contribution < 1.29 is 9.59 Å². The van der Waals surface area contributed by atoms with Crippen molar-refractivity contribution in [2.75, 3.05) is 0 Å². The first-order valence-corrected chi connectivity index (χ1v) is 9.71. The summed E-state index contributed by atoms with van der Waals surface area (Å²) in [5, 5.41) is 16.6. The summed E-state index contributed by atoms with van der Waals surface area (Å²) in [5.41, 5.74) is -0.281. The first-order valence-electron chi connectivity index (χ1n) is 8.89. The number of fused-ring (bicyclic) bond motifs is 1. The Morgan fingerprint density at radius 3 is 2.62 bits per heavy atom. The van der Waals surface area contributed by atoms with Crippen molar-refractivity contribution in [1.82, 2.24) is 24.8 Å². The number of carbonyl (C=O) groups excluding carboxylic acids is 2. The molecule has 9 nitrogen and oxygen atoms in total. The number of nitriles is 1. The third-order valence-corrected chi connectivity index (χ3v) is 5.88. The van der Waals surface area contributed by atoms with E-state index in [0.29, 0.717) is 28.2 Å². The molecule has 4 rings (SSSR count). The third-order valence-electron chi connectivity index (χ3n) is 4.83. The van der Waals surface area contributed by atoms with Crippen LogP contribution in [0.15, 0.2) is 35.1 Å². The van der Waals surface area contributed by atoms with E-state index in [0.717, 1.165) is 9.91 Å². The number of benzene rings is 1. The molecular formula is C19H16N6O3S. The zero-order valence-electron chi connectivity index (χ0n) is 15.7. The average Bonchev–Trinajstić information content (AvgIpc) is 3.23. The van der Waals surface area contributed by atoms with Crippen LogP contribution in [-0.4, -0.2) is 31.4 Å². The summed E-state index contributed by atoms with van der Waals surface area (Å²) in [4.78, 5) is 43.7. The summed E-state index contributed by atoms with van der Waals surface area (Å²) >= 11 is 1.30. The van der Waals surface area contributed by atoms with Crippen LogP contribution in [0.5, 0.6) is 0 Å². The lowest BCUT2D eigenvalue weighted by molar-refractivity contribution is -0.131. The Labute approximate surface area is 169 Å². The van der Waals surface area contributed by atoms with E-state index in [2.05, 4.69) is 15.4 Å². The molecule has 29 heavy (non-hydrogen) atoms. The first-order chi connectivity index (χ1) is 13.9. The van der Waals surface area contributed by atoms with Crippen LogP contribution in [0, 0.1) is 11.3 Å². The van der Waals surface area contributed by atoms with Gasteiger partial charge in [-0.05, 0) is 31.0 Å². The molecule has 1 aliphatic rings. The molecule has 10 heteroatoms. The van der Waals surface area contributed by atoms with Gasteiger partial charge in [-0.3, -0.25) is 14.5 Å². The van der Waals surface area contributed by atoms with Crippen molar-refractivity contribution in [3.63, 3.8) is 0 Å². The van der Waals surface area contributed by atoms with Gasteiger partial charge in [0.15, 0.2) is 0 Å². The normalized spacial score (nSPS) is 18.9. The number of urea groups is 1. The number of nitrogens with zero attached hydrogens (tertiary/aromatic N) is 5. The molecule has 0 saturated carbocycles. The summed E-state index contributed by atoms with van der Waals surface area (Å²) in [6.45, 7) is 3.42. The molecule has 1 saturated heterocycles. The van der Waals surface area contributed by atoms with Gasteiger partial charge in [-0.1, -0.05) is 30.4 Å². The number of amides is 3. The molecule has 3 aromatic rings. The van der Waals surface area contributed by atoms with Crippen LogP contribution >= 0.6 is 11.3 Å². The highest BCUT2D eigenvalue weighted by Gasteiger charge is 2.49. The maximum atomic E-state index is 13.1. The molecule has 1 fully saturated rings. The fourth-order valence-electron chi connectivity index (χ4n) is 3.20. The minimum Gasteiger partial charge on any atom is -0.319 e. The average molecular weight is 408 g/mol. The lowest BCUT2D eigenvalue weighted by Crippen LogP contribution is -2.40. The number of nitrogens with one attached hydrogen (secondary N) is 1. The summed E-state index contributed by atoms with van der Waals surface area (Å²) in [5.74, 6) is -0.451. The largest absolute Gasteiger partial charge is 0.325 e. The van der Waals surface area contributed by atoms with Gasteiger partial charge in [0.2, 0.25) is 4.96 Å². The highest BCUT2D eigenvalue weighted by atomic mass is 32.1. The maximum absolute atomic E-state index is 13.1. The van der Waals surface area contributed by atoms with Gasteiger partial charge in [0.05, 0.1) is 23.9 Å². The van der Waals surface area contributed by atoms with E-state index in [9.17, 15) is 14.4 Å². The smallest absolute Gasteiger partial charge is 0.319 e. The molecule has 0 unspecified atom stereocenters. The standard InChI is InChI=1S/C19H16N6O3S/c1-3-14-23-25-15(26)8-13(21-18(25)29-14)10-24-16(27)19(2,22-17(24)28)12-6-4-11(9-20)5-7-12/h4-8H,3,10H2,1-2H3,(H,22,28)/t19-/m1/s1. The molecule has 0 aliphatic carbocycles. The number of rotatable bonds is 4. The van der Waals surface area contributed by atoms with Gasteiger partial charge < -0.3 is 5.32 Å². The van der Waals surface area contributed by atoms with Crippen molar-refractivity contribution >= 4 is 28.2 Å². The second kappa shape index (κ2) is 6.79. The quantitative estimate of drug-likeness (QED) is 0.654. The van der Waals surface area contributed by atoms with Crippen LogP contribution in [0.1, 0.15) is 35.7 Å². The zero-order chi connectivity index (χ0) is 20.8. The Bertz CT molecular complexity index is 1240. The van der Waals surface area contributed by atoms with Gasteiger partial charge in [-0.2, -0.15) is 14.9 Å². The summed E-state index contributed by atoms with van der Waals surface area (Å²) in [6, 6.07) is 9.19. The summed E-state index contributed by atoms with van der Waals surface area (Å²) in [7, 11) is 0. The Kier molecular flexibility index (Phi) is 4.39. The van der Waals surface area contributed by atoms with Gasteiger partial charge in [-0.25, -0.2) is 9.78 Å². The van der Waals surface area contributed by atoms with E-state index in [4.69, 9.17) is 5.26 Å². The summed E-state index contributed by atoms with van der Waals surface area (Å²) < 4.78 is 1.22. The monoisotopic (exact) mass is 408 g/mol. The van der Waals surface area contributed by atoms with Crippen molar-refractivity contribution in [2.24, 2.45) is 0 Å². The van der Waals surface area contributed by atoms with E-state index >= 15 is 0 Å². The van der Waals surface area contributed by atoms with Crippen molar-refractivity contribution in [3.8, 4) is 6.07 Å². The van der Waals surface area contributed by atoms with Crippen molar-refractivity contribution in [3.05, 3.63) is 62.5 Å². The number of aromatic nitrogens is 3. The zero-order valence-corrected chi connectivity index (χ0v) is 16.5. The number of aryl methyl sites for hydroxylation is 1. The Hall–Kier alpha value is -3.58. The second-order valence-electron chi connectivity index (χ2n) is 6.77. The maximum Gasteiger partial charge on any atom is 0.325 e. The van der Waals surface area contributed by atoms with Gasteiger partial charge >= 0.3 is 6.03 Å². The lowest BCUT2D eigenvalue weighted by atomic mass is 9.91. The van der Waals surface area contributed by atoms with E-state index < -0.39 is 17.5 Å². The van der Waals surface area contributed by atoms with Crippen molar-refractivity contribution in [1.29, 1.82) is 5.26 Å². The van der Waals surface area contributed by atoms with Crippen LogP contribution in [0.4, 0.5) is 4.79 Å². The highest BCUT2D eigenvalue weighted by molar-refractivity contribution is 7.16. The molecule has 0 bridgehead atoms. The van der Waals surface area contributed by atoms with Gasteiger partial charge in [0, 0.05) is 6.07 Å². The highest BCUT2D eigenvalue weighted by Crippen LogP contribution is 2.29. The molecule has 1 aromatic carbocycles. The number of hydrogen-bond acceptors (Lipinski definition) is 7. The molecule has 3 amide bonds. The van der Waals surface area contributed by atoms with E-state index in [1.165, 1.54) is 21.9 Å². The van der Waals surface area contributed by atoms with E-state index in [-0.39, 0.29) is 12.1 Å². The Morgan fingerprint density at radius 2 is 1.97 bits per heavy atom. The summed E-state index contributed by atoms with van der Waals surface area (Å²) in [6.07, 6.45) is 0.679. The SMILES string of the molecule is CCc1nn2c(=O)cc(CN3C(=O)N[C@](C)(c4ccc(C#N)cc4)C3=O)nc2s1. The minimum atomic E-state index is -1.26. The molecule has 2 aromatic heterocycles. The Morgan fingerprint density at radius 1 is 1.24 bits per heavy atom. The molecule has 3 heterocycles. The predicted molar refractivity (Wildman–Crippen MR) is 104 cm³/mol. The molecule has 1 atom stereocenters. The van der Waals surface area contributed by atoms with Crippen LogP contribution in [0.2, 0.25) is 0 Å². The van der Waals surface area contributed by atoms with Gasteiger partial charge in [0.1, 0.15) is 10.5 Å². The van der Waals surface area contributed by atoms with Crippen LogP contribution in [0.25, 0.3) is 4.96 Å². The molecule has 1 N–H and O–H groups in total. The van der Waals surface area contributed by atoms with Crippen LogP contribution in [0.3, 0.4) is 0 Å². The number of carbonyl (C=O) groups is 2. The molecule has 146 valence electrons. The van der Waals surface area contributed by atoms with Gasteiger partial charge in [0.25, 0.3) is 11.5 Å². The fraction of sp³-hybridized carbons (Fsp3) is 0.263. The van der Waals surface area contributed by atoms with E-state index in [1.807, 2.05) is 13.0 Å². The fourth-order valence-corrected chi connectivity index (χ4v) is 4.05. The van der Waals surface area contributed by atoms with E-state index in [1.54, 1.807) is 31.2 Å². The van der Waals surface area contributed by atoms with Crippen LogP contribution in [-0.2, 0) is 23.3 Å². The predicted octanol–water partition coefficient (Wildman–Crippen LogP) is 1.55. The number of imide groups is 1. The molecule has 0 radical (unpaired) electrons. The minimum absolute atomic E-state index is 0.123. The molecular weight excluding hydrogens is 392 g/mol. The Balaban J connectivity index is 1.65. The first kappa shape index (κ1) is 18.8. The van der Waals surface area contributed by atoms with Crippen molar-refractivity contribution in [2.45, 2.75) is 32.4 Å². The number of hydrogen-bond donors (Lipinski definition) is 1. The second-order valence-corrected chi connectivity index (χ2v) is 7.81. The molecule has 1 aliphatic heterocycles. The van der Waals surface area contributed by atoms with Crippen LogP contribution < -0.4 is 10.9 Å². The topological polar surface area (TPSA) is 120 Å². The molecule has 0 spiro atoms.